The van der Waals surface area contributed by atoms with Crippen LogP contribution in [0.2, 0.25) is 0 Å². The Hall–Kier alpha value is -2.15. The van der Waals surface area contributed by atoms with Crippen molar-refractivity contribution in [3.8, 4) is 0 Å². The molecule has 26 heavy (non-hydrogen) atoms. The zero-order valence-electron chi connectivity index (χ0n) is 16.0. The predicted molar refractivity (Wildman–Crippen MR) is 95.7 cm³/mol. The molecule has 0 saturated carbocycles. The molecule has 7 nitrogen and oxygen atoms in total. The number of rotatable bonds is 7. The maximum Gasteiger partial charge on any atom is 0.255 e. The minimum Gasteiger partial charge on any atom is -0.469 e. The van der Waals surface area contributed by atoms with Crippen LogP contribution < -0.4 is 10.6 Å². The van der Waals surface area contributed by atoms with E-state index in [1.807, 2.05) is 20.8 Å². The Labute approximate surface area is 153 Å². The fourth-order valence-corrected chi connectivity index (χ4v) is 2.88. The molecular formula is C19H28N2O5. The van der Waals surface area contributed by atoms with Gasteiger partial charge in [-0.15, -0.1) is 0 Å². The Morgan fingerprint density at radius 3 is 2.58 bits per heavy atom. The Balaban J connectivity index is 2.14. The molecule has 2 rings (SSSR count). The van der Waals surface area contributed by atoms with Crippen molar-refractivity contribution in [3.63, 3.8) is 0 Å². The van der Waals surface area contributed by atoms with E-state index in [2.05, 4.69) is 10.6 Å². The maximum atomic E-state index is 12.8. The van der Waals surface area contributed by atoms with Gasteiger partial charge in [0.2, 0.25) is 5.91 Å². The second-order valence-electron chi connectivity index (χ2n) is 7.61. The largest absolute Gasteiger partial charge is 0.469 e. The molecule has 1 unspecified atom stereocenters. The minimum absolute atomic E-state index is 0.00218. The number of aryl methyl sites for hydroxylation is 1. The summed E-state index contributed by atoms with van der Waals surface area (Å²) in [7, 11) is 0. The van der Waals surface area contributed by atoms with E-state index >= 15 is 0 Å². The van der Waals surface area contributed by atoms with Crippen molar-refractivity contribution >= 4 is 17.6 Å². The highest BCUT2D eigenvalue weighted by atomic mass is 16.5. The molecule has 3 atom stereocenters. The number of Topliss-reactive ketones (excluding diaryl/α,β-unsaturated/α-hetero) is 1. The van der Waals surface area contributed by atoms with Gasteiger partial charge in [-0.1, -0.05) is 27.2 Å². The molecule has 0 bridgehead atoms. The zero-order valence-corrected chi connectivity index (χ0v) is 16.0. The van der Waals surface area contributed by atoms with Gasteiger partial charge in [-0.3, -0.25) is 14.4 Å². The average Bonchev–Trinajstić information content (AvgIpc) is 3.14. The van der Waals surface area contributed by atoms with Gasteiger partial charge in [-0.25, -0.2) is 0 Å². The summed E-state index contributed by atoms with van der Waals surface area (Å²) in [5, 5.41) is 5.53. The van der Waals surface area contributed by atoms with Gasteiger partial charge < -0.3 is 19.8 Å². The van der Waals surface area contributed by atoms with Crippen LogP contribution in [0.5, 0.6) is 0 Å². The summed E-state index contributed by atoms with van der Waals surface area (Å²) in [4.78, 5) is 37.3. The fraction of sp³-hybridized carbons (Fsp3) is 0.632. The molecule has 1 saturated heterocycles. The lowest BCUT2D eigenvalue weighted by Crippen LogP contribution is -2.54. The van der Waals surface area contributed by atoms with Crippen LogP contribution in [0.4, 0.5) is 0 Å². The third-order valence-corrected chi connectivity index (χ3v) is 5.04. The Kier molecular flexibility index (Phi) is 6.23. The standard InChI is InChI=1S/C19H28N2O5/c1-6-19(4,5)9-14(20-17(23)13-7-8-25-11(13)2)18(24)21-16-12(3)26-10-15(16)22/h7-8,12,14,16H,6,9-10H2,1-5H3,(H,20,23)(H,21,24)/t12-,14?,16-/m0/s1. The van der Waals surface area contributed by atoms with Gasteiger partial charge in [0, 0.05) is 0 Å². The summed E-state index contributed by atoms with van der Waals surface area (Å²) < 4.78 is 10.4. The number of nitrogens with one attached hydrogen (secondary N) is 2. The summed E-state index contributed by atoms with van der Waals surface area (Å²) in [6.45, 7) is 9.54. The van der Waals surface area contributed by atoms with E-state index in [1.54, 1.807) is 19.9 Å². The highest BCUT2D eigenvalue weighted by Gasteiger charge is 2.37. The lowest BCUT2D eigenvalue weighted by Gasteiger charge is -2.29. The van der Waals surface area contributed by atoms with Crippen LogP contribution in [0.3, 0.4) is 0 Å². The molecule has 0 spiro atoms. The van der Waals surface area contributed by atoms with Crippen molar-refractivity contribution in [2.45, 2.75) is 65.6 Å². The van der Waals surface area contributed by atoms with E-state index in [-0.39, 0.29) is 35.7 Å². The van der Waals surface area contributed by atoms with E-state index < -0.39 is 12.1 Å². The van der Waals surface area contributed by atoms with Gasteiger partial charge in [-0.2, -0.15) is 0 Å². The van der Waals surface area contributed by atoms with Gasteiger partial charge >= 0.3 is 0 Å². The van der Waals surface area contributed by atoms with Crippen molar-refractivity contribution in [2.75, 3.05) is 6.61 Å². The van der Waals surface area contributed by atoms with Gasteiger partial charge in [0.25, 0.3) is 5.91 Å². The number of hydrogen-bond donors (Lipinski definition) is 2. The minimum atomic E-state index is -0.757. The molecule has 0 radical (unpaired) electrons. The van der Waals surface area contributed by atoms with Crippen LogP contribution in [0.1, 0.15) is 56.7 Å². The SMILES string of the molecule is CCC(C)(C)CC(NC(=O)c1ccoc1C)C(=O)N[C@@H]1C(=O)CO[C@H]1C. The van der Waals surface area contributed by atoms with Crippen LogP contribution in [-0.2, 0) is 14.3 Å². The van der Waals surface area contributed by atoms with Gasteiger partial charge in [-0.05, 0) is 31.7 Å². The van der Waals surface area contributed by atoms with Crippen molar-refractivity contribution < 1.29 is 23.5 Å². The molecule has 7 heteroatoms. The third kappa shape index (κ3) is 4.72. The molecular weight excluding hydrogens is 336 g/mol. The number of ketones is 1. The molecule has 1 aliphatic rings. The predicted octanol–water partition coefficient (Wildman–Crippen LogP) is 1.99. The Morgan fingerprint density at radius 1 is 1.38 bits per heavy atom. The molecule has 2 amide bonds. The summed E-state index contributed by atoms with van der Waals surface area (Å²) >= 11 is 0. The van der Waals surface area contributed by atoms with Crippen LogP contribution in [0, 0.1) is 12.3 Å². The molecule has 1 aliphatic heterocycles. The normalized spacial score (nSPS) is 21.5. The number of furan rings is 1. The van der Waals surface area contributed by atoms with Crippen molar-refractivity contribution in [2.24, 2.45) is 5.41 Å². The van der Waals surface area contributed by atoms with E-state index in [4.69, 9.17) is 9.15 Å². The van der Waals surface area contributed by atoms with Gasteiger partial charge in [0.1, 0.15) is 24.5 Å². The second-order valence-corrected chi connectivity index (χ2v) is 7.61. The first-order valence-electron chi connectivity index (χ1n) is 8.94. The zero-order chi connectivity index (χ0) is 19.5. The van der Waals surface area contributed by atoms with Crippen LogP contribution in [0.25, 0.3) is 0 Å². The number of carbonyl (C=O) groups excluding carboxylic acids is 3. The van der Waals surface area contributed by atoms with E-state index in [0.29, 0.717) is 17.7 Å². The van der Waals surface area contributed by atoms with E-state index in [1.165, 1.54) is 6.26 Å². The van der Waals surface area contributed by atoms with E-state index in [0.717, 1.165) is 6.42 Å². The maximum absolute atomic E-state index is 12.8. The molecule has 144 valence electrons. The summed E-state index contributed by atoms with van der Waals surface area (Å²) in [5.41, 5.74) is 0.244. The molecule has 1 fully saturated rings. The molecule has 2 heterocycles. The lowest BCUT2D eigenvalue weighted by molar-refractivity contribution is -0.128. The third-order valence-electron chi connectivity index (χ3n) is 5.04. The lowest BCUT2D eigenvalue weighted by atomic mass is 9.83. The smallest absolute Gasteiger partial charge is 0.255 e. The highest BCUT2D eigenvalue weighted by Crippen LogP contribution is 2.27. The van der Waals surface area contributed by atoms with Crippen molar-refractivity contribution in [3.05, 3.63) is 23.7 Å². The van der Waals surface area contributed by atoms with E-state index in [9.17, 15) is 14.4 Å². The van der Waals surface area contributed by atoms with Crippen molar-refractivity contribution in [1.82, 2.24) is 10.6 Å². The summed E-state index contributed by atoms with van der Waals surface area (Å²) in [5.74, 6) is -0.414. The first kappa shape index (κ1) is 20.2. The topological polar surface area (TPSA) is 97.6 Å². The molecule has 0 aromatic carbocycles. The number of ether oxygens (including phenoxy) is 1. The summed E-state index contributed by atoms with van der Waals surface area (Å²) in [6, 6.07) is 0.135. The number of amides is 2. The summed E-state index contributed by atoms with van der Waals surface area (Å²) in [6.07, 6.45) is 2.36. The fourth-order valence-electron chi connectivity index (χ4n) is 2.88. The Bertz CT molecular complexity index is 679. The first-order chi connectivity index (χ1) is 12.1. The number of hydrogen-bond acceptors (Lipinski definition) is 5. The first-order valence-corrected chi connectivity index (χ1v) is 8.94. The van der Waals surface area contributed by atoms with Crippen LogP contribution in [-0.4, -0.2) is 42.4 Å². The van der Waals surface area contributed by atoms with Crippen molar-refractivity contribution in [1.29, 1.82) is 0 Å². The molecule has 0 aliphatic carbocycles. The molecule has 1 aromatic rings. The Morgan fingerprint density at radius 2 is 2.08 bits per heavy atom. The quantitative estimate of drug-likeness (QED) is 0.771. The second kappa shape index (κ2) is 8.03. The molecule has 2 N–H and O–H groups in total. The van der Waals surface area contributed by atoms with Gasteiger partial charge in [0.15, 0.2) is 5.78 Å². The average molecular weight is 364 g/mol. The monoisotopic (exact) mass is 364 g/mol. The number of carbonyl (C=O) groups is 3. The van der Waals surface area contributed by atoms with Gasteiger partial charge in [0.05, 0.1) is 17.9 Å². The van der Waals surface area contributed by atoms with Crippen LogP contribution in [0.15, 0.2) is 16.7 Å². The highest BCUT2D eigenvalue weighted by molar-refractivity contribution is 5.99. The van der Waals surface area contributed by atoms with Crippen LogP contribution >= 0.6 is 0 Å². The molecule has 1 aromatic heterocycles.